The maximum atomic E-state index is 13.2. The lowest BCUT2D eigenvalue weighted by Gasteiger charge is -2.17. The lowest BCUT2D eigenvalue weighted by molar-refractivity contribution is 0.535. The number of hydrogen-bond acceptors (Lipinski definition) is 1. The molecule has 0 aliphatic heterocycles. The van der Waals surface area contributed by atoms with Crippen molar-refractivity contribution in [1.82, 2.24) is 5.32 Å². The Balaban J connectivity index is 2.97. The maximum absolute atomic E-state index is 13.2. The van der Waals surface area contributed by atoms with Gasteiger partial charge in [0.2, 0.25) is 0 Å². The molecule has 1 rings (SSSR count). The van der Waals surface area contributed by atoms with Crippen LogP contribution in [-0.2, 0) is 0 Å². The Bertz CT molecular complexity index is 301. The monoisotopic (exact) mass is 215 g/mol. The van der Waals surface area contributed by atoms with Crippen LogP contribution in [0.5, 0.6) is 0 Å². The first kappa shape index (κ1) is 11.5. The van der Waals surface area contributed by atoms with Gasteiger partial charge in [0.1, 0.15) is 5.82 Å². The van der Waals surface area contributed by atoms with E-state index in [9.17, 15) is 4.39 Å². The molecule has 1 aromatic rings. The SMILES string of the molecule is CCCC(NC)c1cccc(F)c1Cl. The van der Waals surface area contributed by atoms with Crippen LogP contribution in [0.15, 0.2) is 18.2 Å². The summed E-state index contributed by atoms with van der Waals surface area (Å²) >= 11 is 5.89. The molecule has 0 fully saturated rings. The van der Waals surface area contributed by atoms with Gasteiger partial charge in [0, 0.05) is 6.04 Å². The third-order valence-electron chi connectivity index (χ3n) is 2.28. The molecule has 0 spiro atoms. The van der Waals surface area contributed by atoms with Crippen LogP contribution in [0.1, 0.15) is 31.4 Å². The molecule has 0 aliphatic carbocycles. The third-order valence-corrected chi connectivity index (χ3v) is 2.68. The van der Waals surface area contributed by atoms with Gasteiger partial charge < -0.3 is 5.32 Å². The highest BCUT2D eigenvalue weighted by Crippen LogP contribution is 2.27. The number of benzene rings is 1. The molecule has 0 aliphatic rings. The quantitative estimate of drug-likeness (QED) is 0.810. The van der Waals surface area contributed by atoms with Crippen LogP contribution in [0.4, 0.5) is 4.39 Å². The highest BCUT2D eigenvalue weighted by Gasteiger charge is 2.13. The number of hydrogen-bond donors (Lipinski definition) is 1. The Morgan fingerprint density at radius 1 is 1.50 bits per heavy atom. The highest BCUT2D eigenvalue weighted by molar-refractivity contribution is 6.31. The largest absolute Gasteiger partial charge is 0.313 e. The van der Waals surface area contributed by atoms with E-state index in [4.69, 9.17) is 11.6 Å². The van der Waals surface area contributed by atoms with Crippen LogP contribution in [0.25, 0.3) is 0 Å². The Kier molecular flexibility index (Phi) is 4.36. The summed E-state index contributed by atoms with van der Waals surface area (Å²) in [6.45, 7) is 2.09. The predicted molar refractivity (Wildman–Crippen MR) is 58.1 cm³/mol. The second-order valence-corrected chi connectivity index (χ2v) is 3.65. The molecule has 1 aromatic carbocycles. The summed E-state index contributed by atoms with van der Waals surface area (Å²) in [5.41, 5.74) is 0.844. The lowest BCUT2D eigenvalue weighted by atomic mass is 10.0. The molecule has 0 amide bonds. The van der Waals surface area contributed by atoms with Crippen molar-refractivity contribution >= 4 is 11.6 Å². The van der Waals surface area contributed by atoms with Gasteiger partial charge in [0.15, 0.2) is 0 Å². The summed E-state index contributed by atoms with van der Waals surface area (Å²) < 4.78 is 13.2. The molecule has 0 saturated heterocycles. The van der Waals surface area contributed by atoms with Gasteiger partial charge in [-0.15, -0.1) is 0 Å². The van der Waals surface area contributed by atoms with E-state index >= 15 is 0 Å². The van der Waals surface area contributed by atoms with Crippen LogP contribution < -0.4 is 5.32 Å². The highest BCUT2D eigenvalue weighted by atomic mass is 35.5. The summed E-state index contributed by atoms with van der Waals surface area (Å²) in [5.74, 6) is -0.347. The zero-order valence-corrected chi connectivity index (χ0v) is 9.24. The smallest absolute Gasteiger partial charge is 0.142 e. The van der Waals surface area contributed by atoms with Crippen molar-refractivity contribution in [2.24, 2.45) is 0 Å². The third kappa shape index (κ3) is 2.46. The minimum absolute atomic E-state index is 0.142. The van der Waals surface area contributed by atoms with Crippen molar-refractivity contribution in [1.29, 1.82) is 0 Å². The first-order valence-electron chi connectivity index (χ1n) is 4.81. The summed E-state index contributed by atoms with van der Waals surface area (Å²) in [7, 11) is 1.86. The second-order valence-electron chi connectivity index (χ2n) is 3.27. The Hall–Kier alpha value is -0.600. The van der Waals surface area contributed by atoms with Gasteiger partial charge in [-0.1, -0.05) is 37.1 Å². The van der Waals surface area contributed by atoms with E-state index in [1.807, 2.05) is 13.1 Å². The molecule has 78 valence electrons. The van der Waals surface area contributed by atoms with Gasteiger partial charge in [0.25, 0.3) is 0 Å². The van der Waals surface area contributed by atoms with Gasteiger partial charge in [-0.25, -0.2) is 4.39 Å². The first-order valence-corrected chi connectivity index (χ1v) is 5.19. The fourth-order valence-corrected chi connectivity index (χ4v) is 1.79. The second kappa shape index (κ2) is 5.32. The molecular weight excluding hydrogens is 201 g/mol. The van der Waals surface area contributed by atoms with E-state index in [-0.39, 0.29) is 16.9 Å². The van der Waals surface area contributed by atoms with Crippen LogP contribution in [0, 0.1) is 5.82 Å². The van der Waals surface area contributed by atoms with E-state index in [1.54, 1.807) is 6.07 Å². The number of nitrogens with one attached hydrogen (secondary N) is 1. The normalized spacial score (nSPS) is 12.9. The van der Waals surface area contributed by atoms with E-state index in [0.717, 1.165) is 18.4 Å². The topological polar surface area (TPSA) is 12.0 Å². The first-order chi connectivity index (χ1) is 6.70. The predicted octanol–water partition coefficient (Wildman–Crippen LogP) is 3.54. The van der Waals surface area contributed by atoms with Gasteiger partial charge in [-0.2, -0.15) is 0 Å². The molecule has 1 N–H and O–H groups in total. The van der Waals surface area contributed by atoms with Gasteiger partial charge in [-0.05, 0) is 25.1 Å². The molecule has 1 atom stereocenters. The van der Waals surface area contributed by atoms with Crippen LogP contribution in [-0.4, -0.2) is 7.05 Å². The fourth-order valence-electron chi connectivity index (χ4n) is 1.53. The zero-order chi connectivity index (χ0) is 10.6. The lowest BCUT2D eigenvalue weighted by Crippen LogP contribution is -2.16. The van der Waals surface area contributed by atoms with Gasteiger partial charge in [-0.3, -0.25) is 0 Å². The summed E-state index contributed by atoms with van der Waals surface area (Å²) in [4.78, 5) is 0. The van der Waals surface area contributed by atoms with Crippen molar-refractivity contribution in [2.45, 2.75) is 25.8 Å². The molecule has 1 unspecified atom stereocenters. The standard InChI is InChI=1S/C11H15ClFN/c1-3-5-10(14-2)8-6-4-7-9(13)11(8)12/h4,6-7,10,14H,3,5H2,1-2H3. The van der Waals surface area contributed by atoms with Crippen molar-refractivity contribution in [3.63, 3.8) is 0 Å². The van der Waals surface area contributed by atoms with Crippen LogP contribution in [0.3, 0.4) is 0 Å². The molecule has 0 bridgehead atoms. The van der Waals surface area contributed by atoms with E-state index in [2.05, 4.69) is 12.2 Å². The molecule has 14 heavy (non-hydrogen) atoms. The average Bonchev–Trinajstić information content (AvgIpc) is 2.19. The fraction of sp³-hybridized carbons (Fsp3) is 0.455. The minimum atomic E-state index is -0.347. The molecule has 0 saturated carbocycles. The van der Waals surface area contributed by atoms with Crippen molar-refractivity contribution in [2.75, 3.05) is 7.05 Å². The van der Waals surface area contributed by atoms with Crippen molar-refractivity contribution in [3.05, 3.63) is 34.6 Å². The molecule has 3 heteroatoms. The summed E-state index contributed by atoms with van der Waals surface area (Å²) in [6, 6.07) is 5.08. The maximum Gasteiger partial charge on any atom is 0.142 e. The average molecular weight is 216 g/mol. The van der Waals surface area contributed by atoms with E-state index in [1.165, 1.54) is 6.07 Å². The molecule has 0 aromatic heterocycles. The minimum Gasteiger partial charge on any atom is -0.313 e. The van der Waals surface area contributed by atoms with E-state index in [0.29, 0.717) is 0 Å². The Labute approximate surface area is 89.3 Å². The number of rotatable bonds is 4. The number of halogens is 2. The van der Waals surface area contributed by atoms with Crippen LogP contribution >= 0.6 is 11.6 Å². The zero-order valence-electron chi connectivity index (χ0n) is 8.48. The van der Waals surface area contributed by atoms with Gasteiger partial charge >= 0.3 is 0 Å². The Morgan fingerprint density at radius 3 is 2.79 bits per heavy atom. The molecule has 1 nitrogen and oxygen atoms in total. The van der Waals surface area contributed by atoms with E-state index < -0.39 is 0 Å². The molecule has 0 heterocycles. The summed E-state index contributed by atoms with van der Waals surface area (Å²) in [5, 5.41) is 3.37. The van der Waals surface area contributed by atoms with Crippen LogP contribution in [0.2, 0.25) is 5.02 Å². The molecule has 0 radical (unpaired) electrons. The van der Waals surface area contributed by atoms with Gasteiger partial charge in [0.05, 0.1) is 5.02 Å². The van der Waals surface area contributed by atoms with Crippen molar-refractivity contribution < 1.29 is 4.39 Å². The van der Waals surface area contributed by atoms with Crippen molar-refractivity contribution in [3.8, 4) is 0 Å². The summed E-state index contributed by atoms with van der Waals surface area (Å²) in [6.07, 6.45) is 2.00. The molecular formula is C11H15ClFN. The Morgan fingerprint density at radius 2 is 2.21 bits per heavy atom.